The van der Waals surface area contributed by atoms with Gasteiger partial charge >= 0.3 is 6.03 Å². The smallest absolute Gasteiger partial charge is 0.322 e. The largest absolute Gasteiger partial charge is 0.460 e. The molecule has 0 spiro atoms. The fourth-order valence-corrected chi connectivity index (χ4v) is 4.72. The zero-order valence-corrected chi connectivity index (χ0v) is 18.4. The van der Waals surface area contributed by atoms with E-state index in [0.29, 0.717) is 13.1 Å². The Balaban J connectivity index is 1.24. The van der Waals surface area contributed by atoms with E-state index in [9.17, 15) is 9.18 Å². The van der Waals surface area contributed by atoms with Crippen LogP contribution in [-0.4, -0.2) is 42.0 Å². The van der Waals surface area contributed by atoms with Gasteiger partial charge in [-0.2, -0.15) is 0 Å². The van der Waals surface area contributed by atoms with Crippen LogP contribution in [0.25, 0.3) is 22.1 Å². The van der Waals surface area contributed by atoms with E-state index >= 15 is 0 Å². The Bertz CT molecular complexity index is 1220. The van der Waals surface area contributed by atoms with E-state index in [2.05, 4.69) is 16.3 Å². The van der Waals surface area contributed by atoms with Gasteiger partial charge in [0, 0.05) is 31.6 Å². The van der Waals surface area contributed by atoms with Gasteiger partial charge in [-0.25, -0.2) is 9.18 Å². The molecule has 0 unspecified atom stereocenters. The van der Waals surface area contributed by atoms with Crippen LogP contribution in [0, 0.1) is 5.82 Å². The first-order chi connectivity index (χ1) is 15.6. The molecule has 0 radical (unpaired) electrons. The zero-order chi connectivity index (χ0) is 21.9. The molecule has 2 aromatic heterocycles. The molecule has 2 aromatic carbocycles. The number of halogens is 1. The fraction of sp³-hybridized carbons (Fsp3) is 0.240. The molecular formula is C25H24FN3O2S. The van der Waals surface area contributed by atoms with E-state index in [-0.39, 0.29) is 11.8 Å². The second-order valence-corrected chi connectivity index (χ2v) is 8.95. The Morgan fingerprint density at radius 2 is 1.91 bits per heavy atom. The van der Waals surface area contributed by atoms with Crippen molar-refractivity contribution in [2.75, 3.05) is 31.5 Å². The maximum absolute atomic E-state index is 13.6. The minimum atomic E-state index is -0.241. The molecule has 3 heterocycles. The molecule has 0 aliphatic carbocycles. The van der Waals surface area contributed by atoms with Gasteiger partial charge in [-0.3, -0.25) is 10.2 Å². The summed E-state index contributed by atoms with van der Waals surface area (Å²) in [4.78, 5) is 16.7. The minimum absolute atomic E-state index is 0.0390. The van der Waals surface area contributed by atoms with E-state index in [1.165, 1.54) is 17.4 Å². The lowest BCUT2D eigenvalue weighted by molar-refractivity contribution is 0.209. The molecule has 0 bridgehead atoms. The molecule has 1 fully saturated rings. The molecule has 7 heteroatoms. The van der Waals surface area contributed by atoms with Gasteiger partial charge in [-0.15, -0.1) is 11.3 Å². The number of fused-ring (bicyclic) bond motifs is 1. The third-order valence-corrected chi connectivity index (χ3v) is 6.52. The number of hydrogen-bond donors (Lipinski definition) is 1. The summed E-state index contributed by atoms with van der Waals surface area (Å²) in [6, 6.07) is 18.4. The summed E-state index contributed by atoms with van der Waals surface area (Å²) in [7, 11) is 0. The van der Waals surface area contributed by atoms with E-state index in [0.717, 1.165) is 58.9 Å². The predicted molar refractivity (Wildman–Crippen MR) is 126 cm³/mol. The molecule has 1 N–H and O–H groups in total. The van der Waals surface area contributed by atoms with Gasteiger partial charge in [-0.1, -0.05) is 18.2 Å². The van der Waals surface area contributed by atoms with Crippen molar-refractivity contribution in [1.29, 1.82) is 0 Å². The van der Waals surface area contributed by atoms with Crippen molar-refractivity contribution in [2.24, 2.45) is 0 Å². The molecule has 1 saturated heterocycles. The van der Waals surface area contributed by atoms with Crippen molar-refractivity contribution in [1.82, 2.24) is 9.80 Å². The standard InChI is InChI=1S/C25H24FN3O2S/c26-21-5-1-4-18(15-21)19-7-8-23-20(14-19)16-22(31-23)17-28-9-3-10-29(12-11-28)25(30)27-24-6-2-13-32-24/h1-2,4-8,13-16H,3,9-12,17H2,(H,27,30). The van der Waals surface area contributed by atoms with Crippen LogP contribution in [-0.2, 0) is 6.54 Å². The Kier molecular flexibility index (Phi) is 5.92. The van der Waals surface area contributed by atoms with Crippen LogP contribution in [0.4, 0.5) is 14.2 Å². The second-order valence-electron chi connectivity index (χ2n) is 8.00. The number of anilines is 1. The van der Waals surface area contributed by atoms with Gasteiger partial charge in [0.1, 0.15) is 17.2 Å². The highest BCUT2D eigenvalue weighted by Crippen LogP contribution is 2.28. The number of urea groups is 1. The van der Waals surface area contributed by atoms with Gasteiger partial charge in [0.2, 0.25) is 0 Å². The van der Waals surface area contributed by atoms with Gasteiger partial charge in [-0.05, 0) is 65.4 Å². The van der Waals surface area contributed by atoms with Crippen molar-refractivity contribution in [2.45, 2.75) is 13.0 Å². The maximum Gasteiger partial charge on any atom is 0.322 e. The predicted octanol–water partition coefficient (Wildman–Crippen LogP) is 6.04. The van der Waals surface area contributed by atoms with E-state index in [1.807, 2.05) is 46.7 Å². The quantitative estimate of drug-likeness (QED) is 0.413. The summed E-state index contributed by atoms with van der Waals surface area (Å²) in [5, 5.41) is 6.80. The number of hydrogen-bond acceptors (Lipinski definition) is 4. The minimum Gasteiger partial charge on any atom is -0.460 e. The van der Waals surface area contributed by atoms with Crippen molar-refractivity contribution < 1.29 is 13.6 Å². The normalized spacial score (nSPS) is 15.1. The second kappa shape index (κ2) is 9.14. The van der Waals surface area contributed by atoms with Crippen molar-refractivity contribution in [3.63, 3.8) is 0 Å². The lowest BCUT2D eigenvalue weighted by Gasteiger charge is -2.21. The van der Waals surface area contributed by atoms with Crippen LogP contribution >= 0.6 is 11.3 Å². The molecule has 5 rings (SSSR count). The van der Waals surface area contributed by atoms with Crippen LogP contribution in [0.15, 0.2) is 70.5 Å². The summed E-state index contributed by atoms with van der Waals surface area (Å²) >= 11 is 1.52. The Labute approximate surface area is 190 Å². The Morgan fingerprint density at radius 1 is 1.00 bits per heavy atom. The number of rotatable bonds is 4. The topological polar surface area (TPSA) is 48.7 Å². The van der Waals surface area contributed by atoms with E-state index in [1.54, 1.807) is 12.1 Å². The molecule has 164 valence electrons. The average molecular weight is 450 g/mol. The van der Waals surface area contributed by atoms with Crippen molar-refractivity contribution >= 4 is 33.3 Å². The lowest BCUT2D eigenvalue weighted by atomic mass is 10.0. The molecule has 0 atom stereocenters. The van der Waals surface area contributed by atoms with Crippen molar-refractivity contribution in [3.05, 3.63) is 77.6 Å². The lowest BCUT2D eigenvalue weighted by Crippen LogP contribution is -2.37. The molecule has 5 nitrogen and oxygen atoms in total. The summed E-state index contributed by atoms with van der Waals surface area (Å²) in [5.74, 6) is 0.655. The number of benzene rings is 2. The van der Waals surface area contributed by atoms with Crippen molar-refractivity contribution in [3.8, 4) is 11.1 Å². The molecule has 4 aromatic rings. The van der Waals surface area contributed by atoms with Crippen LogP contribution in [0.2, 0.25) is 0 Å². The Morgan fingerprint density at radius 3 is 2.75 bits per heavy atom. The highest BCUT2D eigenvalue weighted by molar-refractivity contribution is 7.14. The first-order valence-electron chi connectivity index (χ1n) is 10.7. The highest BCUT2D eigenvalue weighted by Gasteiger charge is 2.20. The number of carbonyl (C=O) groups is 1. The Hall–Kier alpha value is -3.16. The van der Waals surface area contributed by atoms with Crippen LogP contribution in [0.5, 0.6) is 0 Å². The van der Waals surface area contributed by atoms with E-state index < -0.39 is 0 Å². The molecule has 1 aliphatic rings. The van der Waals surface area contributed by atoms with Gasteiger partial charge in [0.15, 0.2) is 0 Å². The van der Waals surface area contributed by atoms with Crippen LogP contribution in [0.1, 0.15) is 12.2 Å². The summed E-state index contributed by atoms with van der Waals surface area (Å²) in [6.07, 6.45) is 0.918. The zero-order valence-electron chi connectivity index (χ0n) is 17.6. The molecule has 32 heavy (non-hydrogen) atoms. The number of furan rings is 1. The highest BCUT2D eigenvalue weighted by atomic mass is 32.1. The first kappa shape index (κ1) is 20.7. The molecule has 0 saturated carbocycles. The molecule has 2 amide bonds. The molecule has 1 aliphatic heterocycles. The maximum atomic E-state index is 13.6. The number of amides is 2. The number of nitrogens with one attached hydrogen (secondary N) is 1. The van der Waals surface area contributed by atoms with E-state index in [4.69, 9.17) is 4.42 Å². The first-order valence-corrected chi connectivity index (χ1v) is 11.6. The summed E-state index contributed by atoms with van der Waals surface area (Å²) in [5.41, 5.74) is 2.64. The third kappa shape index (κ3) is 4.69. The number of nitrogens with zero attached hydrogens (tertiary/aromatic N) is 2. The number of thiophene rings is 1. The summed E-state index contributed by atoms with van der Waals surface area (Å²) < 4.78 is 19.6. The van der Waals surface area contributed by atoms with Crippen LogP contribution < -0.4 is 5.32 Å². The monoisotopic (exact) mass is 449 g/mol. The van der Waals surface area contributed by atoms with Gasteiger partial charge in [0.05, 0.1) is 11.5 Å². The molecular weight excluding hydrogens is 425 g/mol. The van der Waals surface area contributed by atoms with Gasteiger partial charge in [0.25, 0.3) is 0 Å². The fourth-order valence-electron chi connectivity index (χ4n) is 4.11. The number of carbonyl (C=O) groups excluding carboxylic acids is 1. The van der Waals surface area contributed by atoms with Crippen LogP contribution in [0.3, 0.4) is 0 Å². The van der Waals surface area contributed by atoms with Gasteiger partial charge < -0.3 is 9.32 Å². The SMILES string of the molecule is O=C(Nc1cccs1)N1CCCN(Cc2cc3cc(-c4cccc(F)c4)ccc3o2)CC1. The third-order valence-electron chi connectivity index (χ3n) is 5.73. The average Bonchev–Trinajstić information content (AvgIpc) is 3.37. The summed E-state index contributed by atoms with van der Waals surface area (Å²) in [6.45, 7) is 3.83.